The van der Waals surface area contributed by atoms with Crippen molar-refractivity contribution in [2.45, 2.75) is 276 Å². The van der Waals surface area contributed by atoms with Crippen LogP contribution in [0.2, 0.25) is 0 Å². The summed E-state index contributed by atoms with van der Waals surface area (Å²) >= 11 is 0. The molecular weight excluding hydrogens is 876 g/mol. The Morgan fingerprint density at radius 2 is 0.855 bits per heavy atom. The fourth-order valence-electron chi connectivity index (χ4n) is 8.33. The molecule has 0 spiro atoms. The number of phosphoric acid groups is 1. The molecule has 0 aliphatic heterocycles. The number of carbonyl (C=O) groups excluding carboxylic acids is 1. The predicted octanol–water partition coefficient (Wildman–Crippen LogP) is 17.1. The zero-order chi connectivity index (χ0) is 50.6. The van der Waals surface area contributed by atoms with Crippen LogP contribution in [-0.4, -0.2) is 68.5 Å². The van der Waals surface area contributed by atoms with E-state index >= 15 is 0 Å². The molecule has 3 unspecified atom stereocenters. The van der Waals surface area contributed by atoms with Crippen LogP contribution >= 0.6 is 7.82 Å². The first-order chi connectivity index (χ1) is 33.5. The Balaban J connectivity index is 4.22. The number of allylic oxidation sites excluding steroid dienone is 9. The molecule has 69 heavy (non-hydrogen) atoms. The third kappa shape index (κ3) is 53.8. The minimum absolute atomic E-state index is 0.0138. The number of phosphoric ester groups is 1. The van der Waals surface area contributed by atoms with Crippen LogP contribution in [0.5, 0.6) is 0 Å². The highest BCUT2D eigenvalue weighted by Gasteiger charge is 2.23. The molecule has 0 aromatic carbocycles. The topological polar surface area (TPSA) is 108 Å². The number of nitrogens with one attached hydrogen (secondary N) is 1. The molecule has 0 aliphatic rings. The summed E-state index contributed by atoms with van der Waals surface area (Å²) in [6, 6.07) is -0.920. The Labute approximate surface area is 428 Å². The van der Waals surface area contributed by atoms with E-state index in [9.17, 15) is 19.4 Å². The molecule has 0 aromatic rings. The SMILES string of the molecule is CCCCCC/C=C\C/C=C\CCCCCCCC(=O)NC(COP(=O)([O-])OCC[N+](C)(C)C)C(O)/C=C/CC/C=C/CC/C=C/CCCCCCCCCCCCCCCCCCCCCCC. The van der Waals surface area contributed by atoms with Gasteiger partial charge >= 0.3 is 0 Å². The number of hydrogen-bond acceptors (Lipinski definition) is 6. The maximum Gasteiger partial charge on any atom is 0.268 e. The second-order valence-electron chi connectivity index (χ2n) is 21.0. The Bertz CT molecular complexity index is 1310. The number of amides is 1. The molecule has 0 saturated carbocycles. The van der Waals surface area contributed by atoms with E-state index in [2.05, 4.69) is 67.8 Å². The summed E-state index contributed by atoms with van der Waals surface area (Å²) in [5, 5.41) is 13.8. The van der Waals surface area contributed by atoms with Gasteiger partial charge in [0, 0.05) is 6.42 Å². The molecule has 9 heteroatoms. The fourth-order valence-corrected chi connectivity index (χ4v) is 9.06. The van der Waals surface area contributed by atoms with Gasteiger partial charge in [-0.15, -0.1) is 0 Å². The average molecular weight is 990 g/mol. The molecule has 0 aromatic heterocycles. The number of unbranched alkanes of at least 4 members (excludes halogenated alkanes) is 32. The quantitative estimate of drug-likeness (QED) is 0.0272. The van der Waals surface area contributed by atoms with Crippen molar-refractivity contribution >= 4 is 13.7 Å². The highest BCUT2D eigenvalue weighted by atomic mass is 31.2. The van der Waals surface area contributed by atoms with E-state index in [-0.39, 0.29) is 12.5 Å². The van der Waals surface area contributed by atoms with E-state index < -0.39 is 26.6 Å². The summed E-state index contributed by atoms with van der Waals surface area (Å²) in [7, 11) is 1.22. The average Bonchev–Trinajstić information content (AvgIpc) is 3.31. The number of likely N-dealkylation sites (N-methyl/N-ethyl adjacent to an activating group) is 1. The molecule has 2 N–H and O–H groups in total. The van der Waals surface area contributed by atoms with E-state index in [0.29, 0.717) is 17.4 Å². The first kappa shape index (κ1) is 67.2. The second-order valence-corrected chi connectivity index (χ2v) is 22.4. The fraction of sp³-hybridized carbons (Fsp3) is 0.817. The minimum atomic E-state index is -4.61. The molecule has 0 bridgehead atoms. The van der Waals surface area contributed by atoms with Crippen molar-refractivity contribution in [1.29, 1.82) is 0 Å². The van der Waals surface area contributed by atoms with Gasteiger partial charge in [-0.2, -0.15) is 0 Å². The summed E-state index contributed by atoms with van der Waals surface area (Å²) in [6.07, 6.45) is 68.9. The smallest absolute Gasteiger partial charge is 0.268 e. The highest BCUT2D eigenvalue weighted by Crippen LogP contribution is 2.38. The summed E-state index contributed by atoms with van der Waals surface area (Å²) in [5.74, 6) is -0.225. The Morgan fingerprint density at radius 1 is 0.507 bits per heavy atom. The van der Waals surface area contributed by atoms with Crippen molar-refractivity contribution in [2.75, 3.05) is 40.9 Å². The number of rotatable bonds is 53. The molecule has 0 fully saturated rings. The van der Waals surface area contributed by atoms with Gasteiger partial charge in [0.15, 0.2) is 0 Å². The molecule has 0 rings (SSSR count). The number of nitrogens with zero attached hydrogens (tertiary/aromatic N) is 1. The zero-order valence-corrected chi connectivity index (χ0v) is 46.9. The molecule has 3 atom stereocenters. The zero-order valence-electron chi connectivity index (χ0n) is 46.0. The molecule has 404 valence electrons. The third-order valence-corrected chi connectivity index (χ3v) is 13.9. The van der Waals surface area contributed by atoms with Crippen LogP contribution in [0.3, 0.4) is 0 Å². The molecule has 0 aliphatic carbocycles. The van der Waals surface area contributed by atoms with Crippen molar-refractivity contribution in [3.8, 4) is 0 Å². The van der Waals surface area contributed by atoms with Gasteiger partial charge in [-0.1, -0.05) is 242 Å². The van der Waals surface area contributed by atoms with Crippen LogP contribution in [0.25, 0.3) is 0 Å². The standard InChI is InChI=1S/C60H113N2O6P/c1-6-8-10-12-14-16-18-20-22-24-25-26-27-28-29-30-31-32-33-34-35-36-37-38-39-41-43-45-47-49-51-53-59(63)58(57-68-69(65,66)67-56-55-62(3,4)5)61-60(64)54-52-50-48-46-44-42-40-23-21-19-17-15-13-11-9-7-2/h17,19,23,37-38,40,43,45,51,53,58-59,63H,6-16,18,20-22,24-36,39,41-42,44,46-50,52,54-57H2,1-5H3,(H-,61,64,65,66)/b19-17-,38-37+,40-23-,45-43+,53-51+. The molecule has 8 nitrogen and oxygen atoms in total. The Morgan fingerprint density at radius 3 is 1.28 bits per heavy atom. The third-order valence-electron chi connectivity index (χ3n) is 12.9. The van der Waals surface area contributed by atoms with Gasteiger partial charge in [0.25, 0.3) is 7.82 Å². The van der Waals surface area contributed by atoms with Crippen molar-refractivity contribution in [1.82, 2.24) is 5.32 Å². The van der Waals surface area contributed by atoms with E-state index in [1.54, 1.807) is 6.08 Å². The summed E-state index contributed by atoms with van der Waals surface area (Å²) < 4.78 is 23.3. The molecule has 0 radical (unpaired) electrons. The lowest BCUT2D eigenvalue weighted by atomic mass is 10.0. The first-order valence-electron chi connectivity index (χ1n) is 29.2. The number of hydrogen-bond donors (Lipinski definition) is 2. The van der Waals surface area contributed by atoms with Crippen molar-refractivity contribution in [2.24, 2.45) is 0 Å². The lowest BCUT2D eigenvalue weighted by Crippen LogP contribution is -2.45. The summed E-state index contributed by atoms with van der Waals surface area (Å²) in [4.78, 5) is 25.4. The maximum atomic E-state index is 12.9. The molecule has 0 saturated heterocycles. The van der Waals surface area contributed by atoms with Crippen LogP contribution < -0.4 is 10.2 Å². The van der Waals surface area contributed by atoms with Crippen LogP contribution in [0, 0.1) is 0 Å². The van der Waals surface area contributed by atoms with Crippen LogP contribution in [0.15, 0.2) is 60.8 Å². The Hall–Kier alpha value is -1.80. The van der Waals surface area contributed by atoms with Crippen molar-refractivity contribution in [3.05, 3.63) is 60.8 Å². The Kier molecular flexibility index (Phi) is 49.8. The van der Waals surface area contributed by atoms with E-state index in [1.165, 1.54) is 173 Å². The van der Waals surface area contributed by atoms with Crippen LogP contribution in [-0.2, 0) is 18.4 Å². The van der Waals surface area contributed by atoms with Crippen LogP contribution in [0.4, 0.5) is 0 Å². The monoisotopic (exact) mass is 989 g/mol. The molecule has 1 amide bonds. The van der Waals surface area contributed by atoms with Crippen LogP contribution in [0.1, 0.15) is 264 Å². The van der Waals surface area contributed by atoms with Gasteiger partial charge in [-0.25, -0.2) is 0 Å². The normalized spacial score (nSPS) is 14.4. The van der Waals surface area contributed by atoms with Gasteiger partial charge in [0.2, 0.25) is 5.91 Å². The number of aliphatic hydroxyl groups is 1. The van der Waals surface area contributed by atoms with Gasteiger partial charge in [-0.3, -0.25) is 9.36 Å². The van der Waals surface area contributed by atoms with Crippen molar-refractivity contribution < 1.29 is 32.9 Å². The van der Waals surface area contributed by atoms with Gasteiger partial charge in [-0.05, 0) is 77.0 Å². The van der Waals surface area contributed by atoms with Crippen molar-refractivity contribution in [3.63, 3.8) is 0 Å². The second kappa shape index (κ2) is 51.1. The summed E-state index contributed by atoms with van der Waals surface area (Å²) in [6.45, 7) is 4.61. The highest BCUT2D eigenvalue weighted by molar-refractivity contribution is 7.45. The molecular formula is C60H113N2O6P. The number of aliphatic hydroxyl groups excluding tert-OH is 1. The van der Waals surface area contributed by atoms with E-state index in [1.807, 2.05) is 27.2 Å². The lowest BCUT2D eigenvalue weighted by molar-refractivity contribution is -0.870. The van der Waals surface area contributed by atoms with E-state index in [4.69, 9.17) is 9.05 Å². The van der Waals surface area contributed by atoms with Gasteiger partial charge in [0.1, 0.15) is 13.2 Å². The van der Waals surface area contributed by atoms with Gasteiger partial charge < -0.3 is 28.8 Å². The minimum Gasteiger partial charge on any atom is -0.756 e. The number of carbonyl (C=O) groups is 1. The first-order valence-corrected chi connectivity index (χ1v) is 30.6. The predicted molar refractivity (Wildman–Crippen MR) is 297 cm³/mol. The largest absolute Gasteiger partial charge is 0.756 e. The maximum absolute atomic E-state index is 12.9. The number of quaternary nitrogens is 1. The lowest BCUT2D eigenvalue weighted by Gasteiger charge is -2.29. The van der Waals surface area contributed by atoms with E-state index in [0.717, 1.165) is 70.6 Å². The van der Waals surface area contributed by atoms with Gasteiger partial charge in [0.05, 0.1) is 39.9 Å². The molecule has 0 heterocycles. The summed E-state index contributed by atoms with van der Waals surface area (Å²) in [5.41, 5.74) is 0.